The van der Waals surface area contributed by atoms with Crippen LogP contribution in [0.5, 0.6) is 11.5 Å². The molecule has 0 bridgehead atoms. The molecule has 106 valence electrons. The zero-order valence-electron chi connectivity index (χ0n) is 12.6. The molecule has 0 atom stereocenters. The van der Waals surface area contributed by atoms with Gasteiger partial charge in [-0.15, -0.1) is 0 Å². The van der Waals surface area contributed by atoms with Crippen LogP contribution in [-0.2, 0) is 6.61 Å². The summed E-state index contributed by atoms with van der Waals surface area (Å²) in [5, 5.41) is 9.20. The van der Waals surface area contributed by atoms with Gasteiger partial charge in [0.05, 0.1) is 6.61 Å². The van der Waals surface area contributed by atoms with Crippen molar-refractivity contribution in [3.05, 3.63) is 58.7 Å². The smallest absolute Gasteiger partial charge is 0.130 e. The number of rotatable bonds is 4. The van der Waals surface area contributed by atoms with E-state index in [1.54, 1.807) is 0 Å². The molecule has 2 aromatic carbocycles. The van der Waals surface area contributed by atoms with Gasteiger partial charge in [0, 0.05) is 0 Å². The third-order valence-electron chi connectivity index (χ3n) is 3.59. The van der Waals surface area contributed by atoms with Gasteiger partial charge >= 0.3 is 0 Å². The number of benzene rings is 2. The number of hydrogen-bond donors (Lipinski definition) is 1. The van der Waals surface area contributed by atoms with Crippen LogP contribution in [0.15, 0.2) is 36.4 Å². The average molecular weight is 270 g/mol. The fraction of sp³-hybridized carbons (Fsp3) is 0.333. The lowest BCUT2D eigenvalue weighted by Gasteiger charge is -2.13. The molecule has 2 rings (SSSR count). The van der Waals surface area contributed by atoms with Gasteiger partial charge in [-0.3, -0.25) is 0 Å². The van der Waals surface area contributed by atoms with Gasteiger partial charge in [-0.25, -0.2) is 0 Å². The van der Waals surface area contributed by atoms with Gasteiger partial charge < -0.3 is 9.84 Å². The van der Waals surface area contributed by atoms with Crippen molar-refractivity contribution in [3.63, 3.8) is 0 Å². The topological polar surface area (TPSA) is 29.5 Å². The Hall–Kier alpha value is -1.80. The molecular weight excluding hydrogens is 248 g/mol. The van der Waals surface area contributed by atoms with Crippen molar-refractivity contribution < 1.29 is 9.84 Å². The second-order valence-electron chi connectivity index (χ2n) is 5.53. The third kappa shape index (κ3) is 3.20. The zero-order valence-corrected chi connectivity index (χ0v) is 12.6. The molecule has 0 radical (unpaired) electrons. The summed E-state index contributed by atoms with van der Waals surface area (Å²) in [4.78, 5) is 0. The molecule has 0 heterocycles. The quantitative estimate of drug-likeness (QED) is 0.871. The number of hydrogen-bond acceptors (Lipinski definition) is 2. The Bertz CT molecular complexity index is 600. The van der Waals surface area contributed by atoms with E-state index in [2.05, 4.69) is 32.0 Å². The minimum absolute atomic E-state index is 0.0635. The molecule has 2 heteroatoms. The highest BCUT2D eigenvalue weighted by Crippen LogP contribution is 2.29. The number of aliphatic hydroxyl groups excluding tert-OH is 1. The Balaban J connectivity index is 2.29. The summed E-state index contributed by atoms with van der Waals surface area (Å²) in [6.07, 6.45) is 0. The summed E-state index contributed by atoms with van der Waals surface area (Å²) < 4.78 is 6.00. The molecule has 1 N–H and O–H groups in total. The molecule has 0 aromatic heterocycles. The molecule has 20 heavy (non-hydrogen) atoms. The molecule has 0 saturated heterocycles. The molecular formula is C18H22O2. The molecule has 0 aliphatic rings. The maximum absolute atomic E-state index is 9.20. The molecule has 0 amide bonds. The van der Waals surface area contributed by atoms with Gasteiger partial charge in [0.25, 0.3) is 0 Å². The molecule has 0 unspecified atom stereocenters. The van der Waals surface area contributed by atoms with Crippen LogP contribution in [0.25, 0.3) is 0 Å². The summed E-state index contributed by atoms with van der Waals surface area (Å²) in [5.41, 5.74) is 4.38. The second kappa shape index (κ2) is 6.10. The minimum atomic E-state index is 0.0635. The second-order valence-corrected chi connectivity index (χ2v) is 5.53. The highest BCUT2D eigenvalue weighted by molar-refractivity contribution is 5.42. The Morgan fingerprint density at radius 3 is 2.35 bits per heavy atom. The van der Waals surface area contributed by atoms with Gasteiger partial charge in [0.1, 0.15) is 11.5 Å². The van der Waals surface area contributed by atoms with E-state index in [4.69, 9.17) is 4.74 Å². The molecule has 0 fully saturated rings. The Morgan fingerprint density at radius 1 is 1.00 bits per heavy atom. The van der Waals surface area contributed by atoms with E-state index < -0.39 is 0 Å². The number of aliphatic hydroxyl groups is 1. The predicted molar refractivity (Wildman–Crippen MR) is 82.4 cm³/mol. The van der Waals surface area contributed by atoms with E-state index >= 15 is 0 Å². The van der Waals surface area contributed by atoms with Crippen LogP contribution < -0.4 is 4.74 Å². The summed E-state index contributed by atoms with van der Waals surface area (Å²) in [5.74, 6) is 2.19. The number of ether oxygens (including phenoxy) is 1. The fourth-order valence-electron chi connectivity index (χ4n) is 2.12. The highest BCUT2D eigenvalue weighted by Gasteiger charge is 2.07. The fourth-order valence-corrected chi connectivity index (χ4v) is 2.12. The standard InChI is InChI=1S/C18H22O2/c1-12(2)15-6-5-13(3)18(10-15)20-17-8-7-16(11-19)14(4)9-17/h5-10,12,19H,11H2,1-4H3. The maximum Gasteiger partial charge on any atom is 0.130 e. The van der Waals surface area contributed by atoms with E-state index in [0.717, 1.165) is 28.2 Å². The van der Waals surface area contributed by atoms with Gasteiger partial charge in [-0.1, -0.05) is 32.0 Å². The lowest BCUT2D eigenvalue weighted by molar-refractivity contribution is 0.281. The van der Waals surface area contributed by atoms with Crippen LogP contribution in [-0.4, -0.2) is 5.11 Å². The average Bonchev–Trinajstić information content (AvgIpc) is 2.41. The normalized spacial score (nSPS) is 10.9. The van der Waals surface area contributed by atoms with Crippen molar-refractivity contribution in [1.82, 2.24) is 0 Å². The van der Waals surface area contributed by atoms with E-state index in [0.29, 0.717) is 5.92 Å². The first-order chi connectivity index (χ1) is 9.51. The first-order valence-electron chi connectivity index (χ1n) is 7.00. The SMILES string of the molecule is Cc1cc(Oc2cc(C(C)C)ccc2C)ccc1CO. The Labute approximate surface area is 121 Å². The molecule has 0 saturated carbocycles. The summed E-state index contributed by atoms with van der Waals surface area (Å²) in [6, 6.07) is 12.1. The van der Waals surface area contributed by atoms with Crippen molar-refractivity contribution in [2.45, 2.75) is 40.2 Å². The van der Waals surface area contributed by atoms with Crippen LogP contribution in [0.4, 0.5) is 0 Å². The lowest BCUT2D eigenvalue weighted by Crippen LogP contribution is -1.94. The van der Waals surface area contributed by atoms with Crippen molar-refractivity contribution in [2.24, 2.45) is 0 Å². The Kier molecular flexibility index (Phi) is 4.46. The van der Waals surface area contributed by atoms with Crippen LogP contribution >= 0.6 is 0 Å². The van der Waals surface area contributed by atoms with Crippen molar-refractivity contribution in [1.29, 1.82) is 0 Å². The minimum Gasteiger partial charge on any atom is -0.457 e. The third-order valence-corrected chi connectivity index (χ3v) is 3.59. The highest BCUT2D eigenvalue weighted by atomic mass is 16.5. The zero-order chi connectivity index (χ0) is 14.7. The molecule has 0 aliphatic carbocycles. The summed E-state index contributed by atoms with van der Waals surface area (Å²) >= 11 is 0. The first kappa shape index (κ1) is 14.6. The largest absolute Gasteiger partial charge is 0.457 e. The van der Waals surface area contributed by atoms with Crippen LogP contribution in [0, 0.1) is 13.8 Å². The molecule has 0 aliphatic heterocycles. The van der Waals surface area contributed by atoms with E-state index in [-0.39, 0.29) is 6.61 Å². The molecule has 2 aromatic rings. The van der Waals surface area contributed by atoms with Crippen molar-refractivity contribution in [3.8, 4) is 11.5 Å². The van der Waals surface area contributed by atoms with Gasteiger partial charge in [0.15, 0.2) is 0 Å². The van der Waals surface area contributed by atoms with Gasteiger partial charge in [-0.05, 0) is 60.2 Å². The van der Waals surface area contributed by atoms with E-state index in [1.807, 2.05) is 32.0 Å². The van der Waals surface area contributed by atoms with Crippen LogP contribution in [0.1, 0.15) is 42.0 Å². The molecule has 0 spiro atoms. The van der Waals surface area contributed by atoms with Gasteiger partial charge in [0.2, 0.25) is 0 Å². The molecule has 2 nitrogen and oxygen atoms in total. The summed E-state index contributed by atoms with van der Waals surface area (Å²) in [7, 11) is 0. The number of aryl methyl sites for hydroxylation is 2. The Morgan fingerprint density at radius 2 is 1.75 bits per heavy atom. The van der Waals surface area contributed by atoms with Crippen LogP contribution in [0.3, 0.4) is 0 Å². The van der Waals surface area contributed by atoms with E-state index in [1.165, 1.54) is 5.56 Å². The van der Waals surface area contributed by atoms with Gasteiger partial charge in [-0.2, -0.15) is 0 Å². The van der Waals surface area contributed by atoms with Crippen LogP contribution in [0.2, 0.25) is 0 Å². The first-order valence-corrected chi connectivity index (χ1v) is 7.00. The van der Waals surface area contributed by atoms with Crippen molar-refractivity contribution in [2.75, 3.05) is 0 Å². The summed E-state index contributed by atoms with van der Waals surface area (Å²) in [6.45, 7) is 8.45. The maximum atomic E-state index is 9.20. The predicted octanol–water partition coefficient (Wildman–Crippen LogP) is 4.71. The monoisotopic (exact) mass is 270 g/mol. The lowest BCUT2D eigenvalue weighted by atomic mass is 10.0. The van der Waals surface area contributed by atoms with Crippen molar-refractivity contribution >= 4 is 0 Å². The van der Waals surface area contributed by atoms with E-state index in [9.17, 15) is 5.11 Å².